The number of amides is 1. The molecule has 0 bridgehead atoms. The molecule has 0 saturated heterocycles. The molecule has 0 unspecified atom stereocenters. The van der Waals surface area contributed by atoms with Gasteiger partial charge in [0, 0.05) is 24.9 Å². The predicted octanol–water partition coefficient (Wildman–Crippen LogP) is 2.51. The van der Waals surface area contributed by atoms with E-state index in [1.54, 1.807) is 19.3 Å². The molecule has 1 aromatic carbocycles. The highest BCUT2D eigenvalue weighted by molar-refractivity contribution is 5.96. The topological polar surface area (TPSA) is 79.9 Å². The van der Waals surface area contributed by atoms with Crippen molar-refractivity contribution in [1.82, 2.24) is 20.3 Å². The highest BCUT2D eigenvalue weighted by Gasteiger charge is 2.11. The van der Waals surface area contributed by atoms with E-state index in [1.807, 2.05) is 30.3 Å². The monoisotopic (exact) mass is 294 g/mol. The van der Waals surface area contributed by atoms with Crippen LogP contribution in [-0.4, -0.2) is 27.9 Å². The normalized spacial score (nSPS) is 11.0. The van der Waals surface area contributed by atoms with Crippen LogP contribution < -0.4 is 10.1 Å². The van der Waals surface area contributed by atoms with E-state index in [1.165, 1.54) is 12.4 Å². The number of likely N-dealkylation sites (N-methyl/N-ethyl adjacent to an activating group) is 1. The van der Waals surface area contributed by atoms with Gasteiger partial charge in [0.2, 0.25) is 11.8 Å². The largest absolute Gasteiger partial charge is 0.438 e. The van der Waals surface area contributed by atoms with Crippen molar-refractivity contribution >= 4 is 23.0 Å². The van der Waals surface area contributed by atoms with Crippen LogP contribution in [0.2, 0.25) is 0 Å². The quantitative estimate of drug-likeness (QED) is 0.725. The summed E-state index contributed by atoms with van der Waals surface area (Å²) in [5.74, 6) is 0.940. The van der Waals surface area contributed by atoms with Gasteiger partial charge in [-0.2, -0.15) is 0 Å². The highest BCUT2D eigenvalue weighted by Crippen LogP contribution is 2.29. The van der Waals surface area contributed by atoms with Gasteiger partial charge in [-0.1, -0.05) is 18.2 Å². The second kappa shape index (κ2) is 6.09. The molecule has 2 N–H and O–H groups in total. The summed E-state index contributed by atoms with van der Waals surface area (Å²) in [7, 11) is 1.58. The second-order valence-corrected chi connectivity index (χ2v) is 4.51. The molecule has 0 spiro atoms. The Morgan fingerprint density at radius 3 is 2.86 bits per heavy atom. The molecule has 0 atom stereocenters. The van der Waals surface area contributed by atoms with Gasteiger partial charge in [-0.3, -0.25) is 4.79 Å². The zero-order valence-electron chi connectivity index (χ0n) is 11.9. The fraction of sp³-hybridized carbons (Fsp3) is 0.0625. The Labute approximate surface area is 126 Å². The number of ether oxygens (including phenoxy) is 1. The average molecular weight is 294 g/mol. The Bertz CT molecular complexity index is 825. The lowest BCUT2D eigenvalue weighted by atomic mass is 10.2. The first-order valence-electron chi connectivity index (χ1n) is 6.72. The summed E-state index contributed by atoms with van der Waals surface area (Å²) in [4.78, 5) is 22.8. The van der Waals surface area contributed by atoms with Gasteiger partial charge < -0.3 is 15.0 Å². The Balaban J connectivity index is 2.01. The van der Waals surface area contributed by atoms with Gasteiger partial charge in [0.05, 0.1) is 5.39 Å². The van der Waals surface area contributed by atoms with Gasteiger partial charge in [-0.25, -0.2) is 9.97 Å². The first-order chi connectivity index (χ1) is 10.8. The molecule has 3 rings (SSSR count). The molecule has 0 saturated carbocycles. The molecular weight excluding hydrogens is 280 g/mol. The Morgan fingerprint density at radius 1 is 1.27 bits per heavy atom. The van der Waals surface area contributed by atoms with E-state index in [4.69, 9.17) is 4.74 Å². The molecule has 2 heterocycles. The third kappa shape index (κ3) is 2.80. The lowest BCUT2D eigenvalue weighted by Gasteiger charge is -2.05. The van der Waals surface area contributed by atoms with Gasteiger partial charge in [0.15, 0.2) is 0 Å². The molecule has 1 amide bonds. The van der Waals surface area contributed by atoms with Crippen molar-refractivity contribution in [2.24, 2.45) is 0 Å². The zero-order valence-corrected chi connectivity index (χ0v) is 11.9. The van der Waals surface area contributed by atoms with Gasteiger partial charge in [0.25, 0.3) is 0 Å². The number of rotatable bonds is 4. The summed E-state index contributed by atoms with van der Waals surface area (Å²) in [6.45, 7) is 0. The molecule has 0 aliphatic rings. The first-order valence-corrected chi connectivity index (χ1v) is 6.72. The van der Waals surface area contributed by atoms with E-state index in [0.29, 0.717) is 17.3 Å². The maximum absolute atomic E-state index is 11.3. The number of benzene rings is 1. The van der Waals surface area contributed by atoms with Crippen molar-refractivity contribution in [3.05, 3.63) is 54.5 Å². The Morgan fingerprint density at radius 2 is 2.09 bits per heavy atom. The Kier molecular flexibility index (Phi) is 3.82. The third-order valence-electron chi connectivity index (χ3n) is 3.08. The van der Waals surface area contributed by atoms with Gasteiger partial charge >= 0.3 is 0 Å². The number of fused-ring (bicyclic) bond motifs is 1. The number of hydrogen-bond donors (Lipinski definition) is 2. The average Bonchev–Trinajstić information content (AvgIpc) is 2.98. The van der Waals surface area contributed by atoms with Crippen LogP contribution in [0.5, 0.6) is 11.6 Å². The maximum atomic E-state index is 11.3. The van der Waals surface area contributed by atoms with Crippen molar-refractivity contribution in [3.63, 3.8) is 0 Å². The number of hydrogen-bond acceptors (Lipinski definition) is 4. The van der Waals surface area contributed by atoms with E-state index >= 15 is 0 Å². The van der Waals surface area contributed by atoms with Crippen molar-refractivity contribution in [3.8, 4) is 11.6 Å². The number of carbonyl (C=O) groups is 1. The number of aromatic amines is 1. The van der Waals surface area contributed by atoms with E-state index in [-0.39, 0.29) is 5.91 Å². The lowest BCUT2D eigenvalue weighted by Crippen LogP contribution is -2.13. The fourth-order valence-electron chi connectivity index (χ4n) is 2.02. The van der Waals surface area contributed by atoms with Crippen molar-refractivity contribution < 1.29 is 9.53 Å². The van der Waals surface area contributed by atoms with Gasteiger partial charge in [0.1, 0.15) is 17.7 Å². The van der Waals surface area contributed by atoms with Gasteiger partial charge in [-0.05, 0) is 18.2 Å². The van der Waals surface area contributed by atoms with Crippen LogP contribution in [0.25, 0.3) is 17.1 Å². The molecule has 110 valence electrons. The van der Waals surface area contributed by atoms with Crippen molar-refractivity contribution in [1.29, 1.82) is 0 Å². The summed E-state index contributed by atoms with van der Waals surface area (Å²) in [6.07, 6.45) is 6.33. The summed E-state index contributed by atoms with van der Waals surface area (Å²) in [5.41, 5.74) is 1.43. The standard InChI is InChI=1S/C16H14N4O2/c1-17-13(21)8-7-11-9-18-15-14(11)16(20-10-19-15)22-12-5-3-2-4-6-12/h2-10H,1H3,(H,17,21)(H,18,19,20)/b8-7+. The summed E-state index contributed by atoms with van der Waals surface area (Å²) >= 11 is 0. The molecule has 22 heavy (non-hydrogen) atoms. The summed E-state index contributed by atoms with van der Waals surface area (Å²) in [6, 6.07) is 9.38. The SMILES string of the molecule is CNC(=O)/C=C/c1c[nH]c2ncnc(Oc3ccccc3)c12. The van der Waals surface area contributed by atoms with Crippen LogP contribution in [0.1, 0.15) is 5.56 Å². The highest BCUT2D eigenvalue weighted by atomic mass is 16.5. The first kappa shape index (κ1) is 13.8. The van der Waals surface area contributed by atoms with E-state index in [9.17, 15) is 4.79 Å². The number of para-hydroxylation sites is 1. The predicted molar refractivity (Wildman–Crippen MR) is 83.5 cm³/mol. The van der Waals surface area contributed by atoms with E-state index < -0.39 is 0 Å². The van der Waals surface area contributed by atoms with Crippen LogP contribution in [0.4, 0.5) is 0 Å². The number of carbonyl (C=O) groups excluding carboxylic acids is 1. The van der Waals surface area contributed by atoms with Crippen LogP contribution >= 0.6 is 0 Å². The van der Waals surface area contributed by atoms with E-state index in [2.05, 4.69) is 20.3 Å². The Hall–Kier alpha value is -3.15. The molecule has 0 radical (unpaired) electrons. The second-order valence-electron chi connectivity index (χ2n) is 4.51. The minimum atomic E-state index is -0.184. The van der Waals surface area contributed by atoms with Gasteiger partial charge in [-0.15, -0.1) is 0 Å². The van der Waals surface area contributed by atoms with Crippen LogP contribution in [0.15, 0.2) is 48.9 Å². The molecule has 0 aliphatic heterocycles. The molecule has 3 aromatic rings. The van der Waals surface area contributed by atoms with Crippen molar-refractivity contribution in [2.45, 2.75) is 0 Å². The fourth-order valence-corrected chi connectivity index (χ4v) is 2.02. The maximum Gasteiger partial charge on any atom is 0.243 e. The zero-order chi connectivity index (χ0) is 15.4. The van der Waals surface area contributed by atoms with Crippen LogP contribution in [0.3, 0.4) is 0 Å². The molecule has 6 heteroatoms. The molecule has 0 fully saturated rings. The number of aromatic nitrogens is 3. The lowest BCUT2D eigenvalue weighted by molar-refractivity contribution is -0.115. The van der Waals surface area contributed by atoms with Crippen LogP contribution in [0, 0.1) is 0 Å². The minimum absolute atomic E-state index is 0.184. The molecular formula is C16H14N4O2. The minimum Gasteiger partial charge on any atom is -0.438 e. The number of nitrogens with one attached hydrogen (secondary N) is 2. The van der Waals surface area contributed by atoms with E-state index in [0.717, 1.165) is 10.9 Å². The molecule has 0 aliphatic carbocycles. The molecule has 6 nitrogen and oxygen atoms in total. The van der Waals surface area contributed by atoms with Crippen LogP contribution in [-0.2, 0) is 4.79 Å². The molecule has 2 aromatic heterocycles. The third-order valence-corrected chi connectivity index (χ3v) is 3.08. The van der Waals surface area contributed by atoms with Crippen molar-refractivity contribution in [2.75, 3.05) is 7.05 Å². The number of H-pyrrole nitrogens is 1. The summed E-state index contributed by atoms with van der Waals surface area (Å²) < 4.78 is 5.82. The smallest absolute Gasteiger partial charge is 0.243 e. The summed E-state index contributed by atoms with van der Waals surface area (Å²) in [5, 5.41) is 3.26. The number of nitrogens with zero attached hydrogens (tertiary/aromatic N) is 2.